The van der Waals surface area contributed by atoms with Gasteiger partial charge >= 0.3 is 5.63 Å². The minimum Gasteiger partial charge on any atom is -0.423 e. The van der Waals surface area contributed by atoms with Crippen molar-refractivity contribution in [2.45, 2.75) is 0 Å². The Balaban J connectivity index is 0.000000720. The third-order valence-corrected chi connectivity index (χ3v) is 1.53. The molecule has 0 fully saturated rings. The van der Waals surface area contributed by atoms with E-state index in [-0.39, 0.29) is 30.4 Å². The van der Waals surface area contributed by atoms with Crippen LogP contribution in [-0.4, -0.2) is 0 Å². The first-order chi connectivity index (χ1) is 5.36. The van der Waals surface area contributed by atoms with Crippen molar-refractivity contribution in [1.82, 2.24) is 0 Å². The lowest BCUT2D eigenvalue weighted by molar-refractivity contribution is 0.561. The SMILES string of the molecule is Cl.Cl.O=c1ccc2ccccc2o1. The first-order valence-electron chi connectivity index (χ1n) is 3.35. The zero-order valence-corrected chi connectivity index (χ0v) is 8.23. The van der Waals surface area contributed by atoms with Crippen LogP contribution in [0, 0.1) is 0 Å². The molecule has 0 spiro atoms. The summed E-state index contributed by atoms with van der Waals surface area (Å²) in [5, 5.41) is 0.951. The highest BCUT2D eigenvalue weighted by atomic mass is 35.5. The molecule has 0 aliphatic heterocycles. The Morgan fingerprint density at radius 2 is 1.62 bits per heavy atom. The molecule has 0 amide bonds. The summed E-state index contributed by atoms with van der Waals surface area (Å²) >= 11 is 0. The van der Waals surface area contributed by atoms with Crippen LogP contribution in [0.15, 0.2) is 45.6 Å². The lowest BCUT2D eigenvalue weighted by atomic mass is 10.2. The number of benzene rings is 1. The van der Waals surface area contributed by atoms with Crippen molar-refractivity contribution in [3.63, 3.8) is 0 Å². The summed E-state index contributed by atoms with van der Waals surface area (Å²) < 4.78 is 4.91. The molecular formula is C9H8Cl2O2. The second-order valence-electron chi connectivity index (χ2n) is 2.29. The maximum absolute atomic E-state index is 10.7. The van der Waals surface area contributed by atoms with Crippen LogP contribution in [0.25, 0.3) is 11.0 Å². The minimum atomic E-state index is -0.302. The van der Waals surface area contributed by atoms with Gasteiger partial charge in [0.05, 0.1) is 0 Å². The van der Waals surface area contributed by atoms with Gasteiger partial charge in [-0.25, -0.2) is 4.79 Å². The average Bonchev–Trinajstić information content (AvgIpc) is 2.04. The van der Waals surface area contributed by atoms with Gasteiger partial charge in [0.1, 0.15) is 5.58 Å². The van der Waals surface area contributed by atoms with Crippen LogP contribution in [0.3, 0.4) is 0 Å². The van der Waals surface area contributed by atoms with Crippen LogP contribution in [-0.2, 0) is 0 Å². The number of rotatable bonds is 0. The highest BCUT2D eigenvalue weighted by Gasteiger charge is 1.92. The fourth-order valence-corrected chi connectivity index (χ4v) is 1.01. The van der Waals surface area contributed by atoms with Crippen molar-refractivity contribution < 1.29 is 4.42 Å². The van der Waals surface area contributed by atoms with E-state index in [2.05, 4.69) is 0 Å². The fraction of sp³-hybridized carbons (Fsp3) is 0. The second kappa shape index (κ2) is 4.90. The lowest BCUT2D eigenvalue weighted by Crippen LogP contribution is -1.93. The van der Waals surface area contributed by atoms with Crippen LogP contribution in [0.1, 0.15) is 0 Å². The Kier molecular flexibility index (Phi) is 4.52. The van der Waals surface area contributed by atoms with E-state index in [4.69, 9.17) is 4.42 Å². The summed E-state index contributed by atoms with van der Waals surface area (Å²) in [6.45, 7) is 0. The molecule has 2 aromatic rings. The summed E-state index contributed by atoms with van der Waals surface area (Å²) in [4.78, 5) is 10.7. The van der Waals surface area contributed by atoms with Crippen molar-refractivity contribution >= 4 is 35.8 Å². The van der Waals surface area contributed by atoms with Crippen molar-refractivity contribution in [1.29, 1.82) is 0 Å². The summed E-state index contributed by atoms with van der Waals surface area (Å²) in [7, 11) is 0. The van der Waals surface area contributed by atoms with Gasteiger partial charge in [-0.2, -0.15) is 0 Å². The zero-order chi connectivity index (χ0) is 7.68. The Labute approximate surface area is 87.4 Å². The highest BCUT2D eigenvalue weighted by Crippen LogP contribution is 2.08. The molecule has 0 unspecified atom stereocenters. The molecule has 0 aliphatic carbocycles. The Morgan fingerprint density at radius 1 is 0.923 bits per heavy atom. The third-order valence-electron chi connectivity index (χ3n) is 1.53. The van der Waals surface area contributed by atoms with Gasteiger partial charge in [-0.1, -0.05) is 18.2 Å². The van der Waals surface area contributed by atoms with Crippen LogP contribution >= 0.6 is 24.8 Å². The first-order valence-corrected chi connectivity index (χ1v) is 3.35. The molecule has 0 radical (unpaired) electrons. The van der Waals surface area contributed by atoms with Gasteiger partial charge in [0, 0.05) is 11.5 Å². The molecule has 0 atom stereocenters. The number of para-hydroxylation sites is 1. The monoisotopic (exact) mass is 218 g/mol. The molecule has 0 saturated carbocycles. The summed E-state index contributed by atoms with van der Waals surface area (Å²) in [6.07, 6.45) is 0. The molecule has 1 aromatic carbocycles. The minimum absolute atomic E-state index is 0. The van der Waals surface area contributed by atoms with Gasteiger partial charge in [-0.3, -0.25) is 0 Å². The van der Waals surface area contributed by atoms with Crippen LogP contribution in [0.4, 0.5) is 0 Å². The maximum Gasteiger partial charge on any atom is 0.336 e. The summed E-state index contributed by atoms with van der Waals surface area (Å²) in [6, 6.07) is 10.6. The number of fused-ring (bicyclic) bond motifs is 1. The van der Waals surface area contributed by atoms with E-state index in [9.17, 15) is 4.79 Å². The second-order valence-corrected chi connectivity index (χ2v) is 2.29. The quantitative estimate of drug-likeness (QED) is 0.637. The Morgan fingerprint density at radius 3 is 2.38 bits per heavy atom. The largest absolute Gasteiger partial charge is 0.423 e. The molecular weight excluding hydrogens is 211 g/mol. The summed E-state index contributed by atoms with van der Waals surface area (Å²) in [5.41, 5.74) is 0.337. The van der Waals surface area contributed by atoms with E-state index < -0.39 is 0 Å². The molecule has 0 aliphatic rings. The van der Waals surface area contributed by atoms with Crippen LogP contribution in [0.5, 0.6) is 0 Å². The first kappa shape index (κ1) is 12.0. The molecule has 13 heavy (non-hydrogen) atoms. The van der Waals surface area contributed by atoms with Gasteiger partial charge in [0.25, 0.3) is 0 Å². The molecule has 4 heteroatoms. The van der Waals surface area contributed by atoms with Gasteiger partial charge < -0.3 is 4.42 Å². The van der Waals surface area contributed by atoms with E-state index in [1.54, 1.807) is 12.1 Å². The molecule has 1 heterocycles. The van der Waals surface area contributed by atoms with Gasteiger partial charge in [0.15, 0.2) is 0 Å². The van der Waals surface area contributed by atoms with Crippen LogP contribution in [0.2, 0.25) is 0 Å². The Bertz CT molecular complexity index is 437. The van der Waals surface area contributed by atoms with E-state index in [0.717, 1.165) is 5.39 Å². The molecule has 2 nitrogen and oxygen atoms in total. The smallest absolute Gasteiger partial charge is 0.336 e. The number of halogens is 2. The maximum atomic E-state index is 10.7. The molecule has 70 valence electrons. The topological polar surface area (TPSA) is 30.2 Å². The molecule has 1 aromatic heterocycles. The normalized spacial score (nSPS) is 8.62. The Hall–Kier alpha value is -0.990. The van der Waals surface area contributed by atoms with E-state index in [1.165, 1.54) is 6.07 Å². The van der Waals surface area contributed by atoms with Gasteiger partial charge in [-0.15, -0.1) is 24.8 Å². The number of hydrogen-bond donors (Lipinski definition) is 0. The van der Waals surface area contributed by atoms with Crippen molar-refractivity contribution in [2.24, 2.45) is 0 Å². The average molecular weight is 219 g/mol. The van der Waals surface area contributed by atoms with Crippen LogP contribution < -0.4 is 5.63 Å². The molecule has 0 saturated heterocycles. The van der Waals surface area contributed by atoms with Gasteiger partial charge in [-0.05, 0) is 12.1 Å². The van der Waals surface area contributed by atoms with Crippen molar-refractivity contribution in [3.05, 3.63) is 46.8 Å². The van der Waals surface area contributed by atoms with Crippen molar-refractivity contribution in [3.8, 4) is 0 Å². The predicted molar refractivity (Wildman–Crippen MR) is 57.0 cm³/mol. The molecule has 2 rings (SSSR count). The van der Waals surface area contributed by atoms with Gasteiger partial charge in [0.2, 0.25) is 0 Å². The van der Waals surface area contributed by atoms with E-state index in [0.29, 0.717) is 5.58 Å². The molecule has 0 N–H and O–H groups in total. The predicted octanol–water partition coefficient (Wildman–Crippen LogP) is 2.64. The summed E-state index contributed by atoms with van der Waals surface area (Å²) in [5.74, 6) is 0. The van der Waals surface area contributed by atoms with E-state index in [1.807, 2.05) is 18.2 Å². The fourth-order valence-electron chi connectivity index (χ4n) is 1.01. The third kappa shape index (κ3) is 2.47. The molecule has 0 bridgehead atoms. The number of hydrogen-bond acceptors (Lipinski definition) is 2. The lowest BCUT2D eigenvalue weighted by Gasteiger charge is -1.91. The van der Waals surface area contributed by atoms with E-state index >= 15 is 0 Å². The van der Waals surface area contributed by atoms with Crippen molar-refractivity contribution in [2.75, 3.05) is 0 Å². The standard InChI is InChI=1S/C9H6O2.2ClH/c10-9-6-5-7-3-1-2-4-8(7)11-9;;/h1-6H;2*1H. The zero-order valence-electron chi connectivity index (χ0n) is 6.60. The highest BCUT2D eigenvalue weighted by molar-refractivity contribution is 5.85.